The highest BCUT2D eigenvalue weighted by Crippen LogP contribution is 2.30. The van der Waals surface area contributed by atoms with E-state index in [2.05, 4.69) is 5.32 Å². The van der Waals surface area contributed by atoms with E-state index in [4.69, 9.17) is 10.3 Å². The third-order valence-corrected chi connectivity index (χ3v) is 5.59. The molecule has 0 heterocycles. The summed E-state index contributed by atoms with van der Waals surface area (Å²) in [6.07, 6.45) is 5.06. The topological polar surface area (TPSA) is 109 Å². The number of amides is 1. The highest BCUT2D eigenvalue weighted by atomic mass is 32.2. The molecule has 1 amide bonds. The van der Waals surface area contributed by atoms with Gasteiger partial charge in [0, 0.05) is 18.0 Å². The first-order valence-electron chi connectivity index (χ1n) is 6.90. The van der Waals surface area contributed by atoms with Crippen LogP contribution < -0.4 is 11.1 Å². The molecule has 2 saturated carbocycles. The van der Waals surface area contributed by atoms with E-state index < -0.39 is 15.4 Å². The smallest absolute Gasteiger partial charge is 0.267 e. The first-order chi connectivity index (χ1) is 8.88. The number of hydrogen-bond acceptors (Lipinski definition) is 4. The Bertz CT molecular complexity index is 437. The fourth-order valence-corrected chi connectivity index (χ4v) is 4.00. The molecule has 110 valence electrons. The highest BCUT2D eigenvalue weighted by molar-refractivity contribution is 7.86. The van der Waals surface area contributed by atoms with Crippen molar-refractivity contribution < 1.29 is 17.8 Å². The molecule has 4 N–H and O–H groups in total. The zero-order valence-electron chi connectivity index (χ0n) is 10.9. The summed E-state index contributed by atoms with van der Waals surface area (Å²) in [7, 11) is -4.02. The van der Waals surface area contributed by atoms with Crippen LogP contribution in [-0.4, -0.2) is 36.2 Å². The van der Waals surface area contributed by atoms with Crippen molar-refractivity contribution in [3.05, 3.63) is 0 Å². The van der Waals surface area contributed by atoms with Gasteiger partial charge in [0.1, 0.15) is 0 Å². The van der Waals surface area contributed by atoms with Crippen molar-refractivity contribution in [1.82, 2.24) is 5.32 Å². The van der Waals surface area contributed by atoms with E-state index in [1.165, 1.54) is 0 Å². The number of carbonyl (C=O) groups is 1. The van der Waals surface area contributed by atoms with Crippen molar-refractivity contribution in [3.63, 3.8) is 0 Å². The molecule has 2 aliphatic carbocycles. The van der Waals surface area contributed by atoms with Crippen LogP contribution in [-0.2, 0) is 14.9 Å². The number of carbonyl (C=O) groups excluding carboxylic acids is 1. The zero-order chi connectivity index (χ0) is 14.0. The van der Waals surface area contributed by atoms with Gasteiger partial charge >= 0.3 is 0 Å². The van der Waals surface area contributed by atoms with Crippen molar-refractivity contribution in [2.75, 3.05) is 0 Å². The Labute approximate surface area is 113 Å². The molecule has 6 nitrogen and oxygen atoms in total. The van der Waals surface area contributed by atoms with E-state index in [1.54, 1.807) is 0 Å². The molecule has 2 fully saturated rings. The lowest BCUT2D eigenvalue weighted by Crippen LogP contribution is -2.50. The fourth-order valence-electron chi connectivity index (χ4n) is 3.09. The Morgan fingerprint density at radius 3 is 2.42 bits per heavy atom. The van der Waals surface area contributed by atoms with Crippen LogP contribution in [0.15, 0.2) is 0 Å². The molecule has 0 aliphatic heterocycles. The van der Waals surface area contributed by atoms with Gasteiger partial charge in [0.05, 0.1) is 5.25 Å². The first-order valence-corrected chi connectivity index (χ1v) is 8.40. The van der Waals surface area contributed by atoms with E-state index in [0.717, 1.165) is 25.7 Å². The molecule has 0 bridgehead atoms. The van der Waals surface area contributed by atoms with E-state index in [9.17, 15) is 13.2 Å². The Balaban J connectivity index is 1.87. The van der Waals surface area contributed by atoms with Crippen LogP contribution in [0.3, 0.4) is 0 Å². The Morgan fingerprint density at radius 2 is 1.84 bits per heavy atom. The lowest BCUT2D eigenvalue weighted by atomic mass is 9.90. The van der Waals surface area contributed by atoms with Gasteiger partial charge in [0.25, 0.3) is 10.1 Å². The van der Waals surface area contributed by atoms with E-state index in [1.807, 2.05) is 0 Å². The van der Waals surface area contributed by atoms with E-state index in [-0.39, 0.29) is 30.3 Å². The third-order valence-electron chi connectivity index (χ3n) is 4.32. The molecular formula is C12H22N2O4S. The van der Waals surface area contributed by atoms with Gasteiger partial charge in [-0.3, -0.25) is 9.35 Å². The second-order valence-corrected chi connectivity index (χ2v) is 7.41. The van der Waals surface area contributed by atoms with Crippen LogP contribution >= 0.6 is 0 Å². The number of rotatable bonds is 3. The van der Waals surface area contributed by atoms with Crippen LogP contribution in [0, 0.1) is 5.92 Å². The van der Waals surface area contributed by atoms with Gasteiger partial charge in [-0.1, -0.05) is 12.8 Å². The molecule has 3 unspecified atom stereocenters. The van der Waals surface area contributed by atoms with Gasteiger partial charge in [0.2, 0.25) is 5.91 Å². The SMILES string of the molecule is N[C@@H]1CCCCC1NC(=O)C1CCC(S(=O)(=O)O)C1. The minimum absolute atomic E-state index is 0.00326. The van der Waals surface area contributed by atoms with E-state index in [0.29, 0.717) is 12.8 Å². The molecule has 0 saturated heterocycles. The van der Waals surface area contributed by atoms with Crippen molar-refractivity contribution in [2.24, 2.45) is 11.7 Å². The number of nitrogens with two attached hydrogens (primary N) is 1. The molecule has 0 aromatic carbocycles. The molecule has 7 heteroatoms. The predicted molar refractivity (Wildman–Crippen MR) is 71.1 cm³/mol. The maximum absolute atomic E-state index is 12.1. The summed E-state index contributed by atoms with van der Waals surface area (Å²) < 4.78 is 31.1. The summed E-state index contributed by atoms with van der Waals surface area (Å²) >= 11 is 0. The normalized spacial score (nSPS) is 36.1. The molecule has 0 radical (unpaired) electrons. The third kappa shape index (κ3) is 3.67. The second-order valence-electron chi connectivity index (χ2n) is 5.71. The van der Waals surface area contributed by atoms with Crippen LogP contribution in [0.25, 0.3) is 0 Å². The van der Waals surface area contributed by atoms with Gasteiger partial charge in [0.15, 0.2) is 0 Å². The maximum atomic E-state index is 12.1. The molecule has 4 atom stereocenters. The standard InChI is InChI=1S/C12H22N2O4S/c13-10-3-1-2-4-11(10)14-12(15)8-5-6-9(7-8)19(16,17)18/h8-11H,1-7,13H2,(H,14,15)(H,16,17,18)/t8?,9?,10-,11?/m1/s1. The van der Waals surface area contributed by atoms with Crippen LogP contribution in [0.1, 0.15) is 44.9 Å². The van der Waals surface area contributed by atoms with Crippen molar-refractivity contribution in [1.29, 1.82) is 0 Å². The van der Waals surface area contributed by atoms with Crippen molar-refractivity contribution in [3.8, 4) is 0 Å². The quantitative estimate of drug-likeness (QED) is 0.653. The summed E-state index contributed by atoms with van der Waals surface area (Å²) in [5, 5.41) is 2.15. The first kappa shape index (κ1) is 14.7. The summed E-state index contributed by atoms with van der Waals surface area (Å²) in [4.78, 5) is 12.1. The van der Waals surface area contributed by atoms with Crippen molar-refractivity contribution in [2.45, 2.75) is 62.3 Å². The van der Waals surface area contributed by atoms with Gasteiger partial charge in [-0.05, 0) is 32.1 Å². The van der Waals surface area contributed by atoms with Gasteiger partial charge in [-0.2, -0.15) is 8.42 Å². The monoisotopic (exact) mass is 290 g/mol. The number of hydrogen-bond donors (Lipinski definition) is 3. The Morgan fingerprint density at radius 1 is 1.16 bits per heavy atom. The minimum atomic E-state index is -4.02. The average Bonchev–Trinajstić information content (AvgIpc) is 2.81. The Kier molecular flexibility index (Phi) is 4.47. The van der Waals surface area contributed by atoms with Crippen LogP contribution in [0.5, 0.6) is 0 Å². The fraction of sp³-hybridized carbons (Fsp3) is 0.917. The minimum Gasteiger partial charge on any atom is -0.352 e. The summed E-state index contributed by atoms with van der Waals surface area (Å²) in [5.74, 6) is -0.436. The summed E-state index contributed by atoms with van der Waals surface area (Å²) in [6.45, 7) is 0. The molecule has 0 aromatic rings. The molecular weight excluding hydrogens is 268 g/mol. The molecule has 19 heavy (non-hydrogen) atoms. The average molecular weight is 290 g/mol. The van der Waals surface area contributed by atoms with Crippen molar-refractivity contribution >= 4 is 16.0 Å². The van der Waals surface area contributed by atoms with E-state index >= 15 is 0 Å². The van der Waals surface area contributed by atoms with Crippen LogP contribution in [0.2, 0.25) is 0 Å². The zero-order valence-corrected chi connectivity index (χ0v) is 11.7. The number of nitrogens with one attached hydrogen (secondary N) is 1. The second kappa shape index (κ2) is 5.76. The molecule has 0 aromatic heterocycles. The summed E-state index contributed by atoms with van der Waals surface area (Å²) in [5.41, 5.74) is 5.97. The lowest BCUT2D eigenvalue weighted by molar-refractivity contribution is -0.125. The summed E-state index contributed by atoms with van der Waals surface area (Å²) in [6, 6.07) is 0.00232. The molecule has 2 rings (SSSR count). The predicted octanol–water partition coefficient (Wildman–Crippen LogP) is 0.429. The highest BCUT2D eigenvalue weighted by Gasteiger charge is 2.37. The van der Waals surface area contributed by atoms with Gasteiger partial charge in [-0.15, -0.1) is 0 Å². The van der Waals surface area contributed by atoms with Crippen LogP contribution in [0.4, 0.5) is 0 Å². The molecule has 0 spiro atoms. The van der Waals surface area contributed by atoms with Gasteiger partial charge < -0.3 is 11.1 Å². The Hall–Kier alpha value is -0.660. The lowest BCUT2D eigenvalue weighted by Gasteiger charge is -2.30. The largest absolute Gasteiger partial charge is 0.352 e. The maximum Gasteiger partial charge on any atom is 0.267 e. The molecule has 2 aliphatic rings. The van der Waals surface area contributed by atoms with Gasteiger partial charge in [-0.25, -0.2) is 0 Å².